The number of nitrogens with zero attached hydrogens (tertiary/aromatic N) is 2. The number of benzene rings is 1. The summed E-state index contributed by atoms with van der Waals surface area (Å²) in [4.78, 5) is 4.30. The Morgan fingerprint density at radius 3 is 2.75 bits per heavy atom. The third-order valence-corrected chi connectivity index (χ3v) is 3.26. The van der Waals surface area contributed by atoms with Crippen molar-refractivity contribution in [3.05, 3.63) is 47.0 Å². The Bertz CT molecular complexity index is 663. The van der Waals surface area contributed by atoms with E-state index in [9.17, 15) is 0 Å². The first-order valence-corrected chi connectivity index (χ1v) is 6.40. The number of methoxy groups -OCH3 is 1. The highest BCUT2D eigenvalue weighted by molar-refractivity contribution is 5.48. The fourth-order valence-electron chi connectivity index (χ4n) is 1.99. The van der Waals surface area contributed by atoms with Gasteiger partial charge in [-0.1, -0.05) is 17.9 Å². The van der Waals surface area contributed by atoms with Crippen molar-refractivity contribution in [3.63, 3.8) is 0 Å². The Balaban J connectivity index is 2.31. The summed E-state index contributed by atoms with van der Waals surface area (Å²) in [5, 5.41) is 8.81. The number of aliphatic hydroxyl groups is 1. The van der Waals surface area contributed by atoms with E-state index in [1.807, 2.05) is 31.5 Å². The highest BCUT2D eigenvalue weighted by Crippen LogP contribution is 2.20. The summed E-state index contributed by atoms with van der Waals surface area (Å²) in [6.45, 7) is 4.63. The van der Waals surface area contributed by atoms with Crippen LogP contribution in [0.2, 0.25) is 0 Å². The van der Waals surface area contributed by atoms with E-state index in [-0.39, 0.29) is 6.61 Å². The van der Waals surface area contributed by atoms with Crippen molar-refractivity contribution >= 4 is 0 Å². The van der Waals surface area contributed by atoms with Crippen LogP contribution in [0.1, 0.15) is 22.5 Å². The summed E-state index contributed by atoms with van der Waals surface area (Å²) in [6.07, 6.45) is 1.84. The zero-order valence-electron chi connectivity index (χ0n) is 12.0. The van der Waals surface area contributed by atoms with Gasteiger partial charge in [-0.25, -0.2) is 4.98 Å². The monoisotopic (exact) mass is 270 g/mol. The molecule has 1 heterocycles. The maximum atomic E-state index is 8.81. The summed E-state index contributed by atoms with van der Waals surface area (Å²) in [5.74, 6) is 6.28. The summed E-state index contributed by atoms with van der Waals surface area (Å²) >= 11 is 0. The van der Waals surface area contributed by atoms with Gasteiger partial charge in [-0.2, -0.15) is 0 Å². The van der Waals surface area contributed by atoms with Gasteiger partial charge in [-0.3, -0.25) is 0 Å². The van der Waals surface area contributed by atoms with Crippen LogP contribution in [0.5, 0.6) is 5.75 Å². The molecule has 0 spiro atoms. The first-order chi connectivity index (χ1) is 9.65. The van der Waals surface area contributed by atoms with Crippen LogP contribution in [0.15, 0.2) is 24.5 Å². The molecule has 4 nitrogen and oxygen atoms in total. The molecule has 4 heteroatoms. The van der Waals surface area contributed by atoms with E-state index >= 15 is 0 Å². The molecule has 1 aromatic heterocycles. The van der Waals surface area contributed by atoms with E-state index in [0.29, 0.717) is 5.75 Å². The highest BCUT2D eigenvalue weighted by atomic mass is 16.5. The standard InChI is InChI=1S/C16H18N2O2/c1-12-13(2)18(11-17-12)10-14-6-7-16(20-3)15(9-14)5-4-8-19/h6-7,9,11,19H,8,10H2,1-3H3. The van der Waals surface area contributed by atoms with Crippen LogP contribution in [-0.4, -0.2) is 28.4 Å². The van der Waals surface area contributed by atoms with Crippen molar-refractivity contribution < 1.29 is 9.84 Å². The average Bonchev–Trinajstić information content (AvgIpc) is 2.77. The van der Waals surface area contributed by atoms with Crippen LogP contribution >= 0.6 is 0 Å². The van der Waals surface area contributed by atoms with Crippen LogP contribution < -0.4 is 4.74 Å². The van der Waals surface area contributed by atoms with Crippen LogP contribution in [-0.2, 0) is 6.54 Å². The lowest BCUT2D eigenvalue weighted by molar-refractivity contribution is 0.350. The van der Waals surface area contributed by atoms with Crippen molar-refractivity contribution in [1.82, 2.24) is 9.55 Å². The summed E-state index contributed by atoms with van der Waals surface area (Å²) in [6, 6.07) is 5.89. The van der Waals surface area contributed by atoms with Crippen LogP contribution in [0.25, 0.3) is 0 Å². The number of aliphatic hydroxyl groups excluding tert-OH is 1. The molecule has 2 aromatic rings. The molecule has 0 saturated carbocycles. The quantitative estimate of drug-likeness (QED) is 0.867. The summed E-state index contributed by atoms with van der Waals surface area (Å²) in [5.41, 5.74) is 4.10. The number of rotatable bonds is 3. The highest BCUT2D eigenvalue weighted by Gasteiger charge is 2.06. The Morgan fingerprint density at radius 1 is 1.35 bits per heavy atom. The van der Waals surface area contributed by atoms with Crippen LogP contribution in [0.3, 0.4) is 0 Å². The number of imidazole rings is 1. The predicted molar refractivity (Wildman–Crippen MR) is 77.8 cm³/mol. The minimum Gasteiger partial charge on any atom is -0.495 e. The molecular weight excluding hydrogens is 252 g/mol. The SMILES string of the molecule is COc1ccc(Cn2cnc(C)c2C)cc1C#CCO. The molecule has 20 heavy (non-hydrogen) atoms. The van der Waals surface area contributed by atoms with E-state index < -0.39 is 0 Å². The van der Waals surface area contributed by atoms with Crippen LogP contribution in [0, 0.1) is 25.7 Å². The second kappa shape index (κ2) is 6.27. The van der Waals surface area contributed by atoms with Gasteiger partial charge in [0.2, 0.25) is 0 Å². The summed E-state index contributed by atoms with van der Waals surface area (Å²) in [7, 11) is 1.61. The van der Waals surface area contributed by atoms with Crippen molar-refractivity contribution in [2.45, 2.75) is 20.4 Å². The van der Waals surface area contributed by atoms with Crippen molar-refractivity contribution in [3.8, 4) is 17.6 Å². The van der Waals surface area contributed by atoms with E-state index in [1.165, 1.54) is 0 Å². The molecular formula is C16H18N2O2. The van der Waals surface area contributed by atoms with Crippen molar-refractivity contribution in [2.24, 2.45) is 0 Å². The Morgan fingerprint density at radius 2 is 2.15 bits per heavy atom. The molecule has 0 unspecified atom stereocenters. The Labute approximate surface area is 119 Å². The molecule has 1 N–H and O–H groups in total. The molecule has 0 saturated heterocycles. The minimum absolute atomic E-state index is 0.160. The normalized spacial score (nSPS) is 10.0. The molecule has 0 aliphatic carbocycles. The molecule has 0 amide bonds. The third kappa shape index (κ3) is 3.01. The van der Waals surface area contributed by atoms with Gasteiger partial charge in [0.15, 0.2) is 0 Å². The van der Waals surface area contributed by atoms with Gasteiger partial charge in [-0.15, -0.1) is 0 Å². The van der Waals surface area contributed by atoms with E-state index in [4.69, 9.17) is 9.84 Å². The van der Waals surface area contributed by atoms with Gasteiger partial charge in [0.05, 0.1) is 24.7 Å². The van der Waals surface area contributed by atoms with Crippen molar-refractivity contribution in [2.75, 3.05) is 13.7 Å². The molecule has 0 bridgehead atoms. The van der Waals surface area contributed by atoms with Crippen molar-refractivity contribution in [1.29, 1.82) is 0 Å². The van der Waals surface area contributed by atoms with Gasteiger partial charge in [0.25, 0.3) is 0 Å². The fourth-order valence-corrected chi connectivity index (χ4v) is 1.99. The second-order valence-electron chi connectivity index (χ2n) is 4.54. The van der Waals surface area contributed by atoms with Crippen LogP contribution in [0.4, 0.5) is 0 Å². The fraction of sp³-hybridized carbons (Fsp3) is 0.312. The molecule has 1 aromatic carbocycles. The second-order valence-corrected chi connectivity index (χ2v) is 4.54. The molecule has 0 aliphatic rings. The maximum Gasteiger partial charge on any atom is 0.134 e. The number of aromatic nitrogens is 2. The van der Waals surface area contributed by atoms with E-state index in [0.717, 1.165) is 29.1 Å². The van der Waals surface area contributed by atoms with Gasteiger partial charge >= 0.3 is 0 Å². The first-order valence-electron chi connectivity index (χ1n) is 6.40. The Hall–Kier alpha value is -2.25. The smallest absolute Gasteiger partial charge is 0.134 e. The molecule has 0 atom stereocenters. The molecule has 104 valence electrons. The number of ether oxygens (including phenoxy) is 1. The van der Waals surface area contributed by atoms with Gasteiger partial charge in [-0.05, 0) is 31.5 Å². The first kappa shape index (κ1) is 14.2. The topological polar surface area (TPSA) is 47.3 Å². The third-order valence-electron chi connectivity index (χ3n) is 3.26. The number of hydrogen-bond donors (Lipinski definition) is 1. The van der Waals surface area contributed by atoms with E-state index in [1.54, 1.807) is 7.11 Å². The number of hydrogen-bond acceptors (Lipinski definition) is 3. The summed E-state index contributed by atoms with van der Waals surface area (Å²) < 4.78 is 7.37. The molecule has 2 rings (SSSR count). The zero-order chi connectivity index (χ0) is 14.5. The molecule has 0 aliphatic heterocycles. The predicted octanol–water partition coefficient (Wildman–Crippen LogP) is 1.90. The molecule has 0 fully saturated rings. The zero-order valence-corrected chi connectivity index (χ0v) is 12.0. The lowest BCUT2D eigenvalue weighted by Crippen LogP contribution is -2.01. The number of aryl methyl sites for hydroxylation is 1. The Kier molecular flexibility index (Phi) is 4.44. The lowest BCUT2D eigenvalue weighted by atomic mass is 10.1. The van der Waals surface area contributed by atoms with Gasteiger partial charge in [0.1, 0.15) is 12.4 Å². The van der Waals surface area contributed by atoms with Gasteiger partial charge < -0.3 is 14.4 Å². The maximum absolute atomic E-state index is 8.81. The van der Waals surface area contributed by atoms with Gasteiger partial charge in [0, 0.05) is 12.2 Å². The average molecular weight is 270 g/mol. The largest absolute Gasteiger partial charge is 0.495 e. The minimum atomic E-state index is -0.160. The van der Waals surface area contributed by atoms with E-state index in [2.05, 4.69) is 28.3 Å². The lowest BCUT2D eigenvalue weighted by Gasteiger charge is -2.09. The molecule has 0 radical (unpaired) electrons.